The molecule has 40 heavy (non-hydrogen) atoms. The Hall–Kier alpha value is -5.23. The first-order chi connectivity index (χ1) is 19.1. The number of rotatable bonds is 9. The third kappa shape index (κ3) is 5.92. The summed E-state index contributed by atoms with van der Waals surface area (Å²) in [7, 11) is 0. The molecule has 2 N–H and O–H groups in total. The Bertz CT molecular complexity index is 1570. The van der Waals surface area contributed by atoms with Crippen molar-refractivity contribution < 1.29 is 38.7 Å². The summed E-state index contributed by atoms with van der Waals surface area (Å²) < 4.78 is 11.5. The van der Waals surface area contributed by atoms with Crippen molar-refractivity contribution in [3.8, 4) is 11.5 Å². The van der Waals surface area contributed by atoms with Crippen LogP contribution in [0, 0.1) is 10.1 Å². The number of carboxylic acid groups (broad SMARTS) is 1. The molecule has 0 spiro atoms. The number of carboxylic acids is 1. The van der Waals surface area contributed by atoms with Crippen LogP contribution in [0.25, 0.3) is 6.08 Å². The number of barbiturate groups is 1. The summed E-state index contributed by atoms with van der Waals surface area (Å²) in [6, 6.07) is 12.8. The second kappa shape index (κ2) is 11.7. The topological polar surface area (TPSA) is 165 Å². The van der Waals surface area contributed by atoms with Crippen molar-refractivity contribution in [3.05, 3.63) is 98.1 Å². The average Bonchev–Trinajstić information content (AvgIpc) is 2.91. The molecule has 204 valence electrons. The molecule has 0 saturated carbocycles. The van der Waals surface area contributed by atoms with Gasteiger partial charge in [-0.3, -0.25) is 25.0 Å². The van der Waals surface area contributed by atoms with Crippen LogP contribution in [0.15, 0.2) is 66.2 Å². The number of nitrogens with zero attached hydrogens (tertiary/aromatic N) is 2. The number of hydrogen-bond donors (Lipinski definition) is 2. The van der Waals surface area contributed by atoms with Gasteiger partial charge in [0, 0.05) is 12.1 Å². The van der Waals surface area contributed by atoms with Gasteiger partial charge < -0.3 is 14.6 Å². The first kappa shape index (κ1) is 27.8. The van der Waals surface area contributed by atoms with E-state index in [1.807, 2.05) is 0 Å². The minimum atomic E-state index is -1.05. The molecule has 0 radical (unpaired) electrons. The highest BCUT2D eigenvalue weighted by Gasteiger charge is 2.37. The molecule has 3 aromatic rings. The lowest BCUT2D eigenvalue weighted by Crippen LogP contribution is -2.54. The smallest absolute Gasteiger partial charge is 0.335 e. The molecule has 0 atom stereocenters. The van der Waals surface area contributed by atoms with E-state index in [1.54, 1.807) is 19.1 Å². The normalized spacial score (nSPS) is 14.2. The van der Waals surface area contributed by atoms with Crippen molar-refractivity contribution in [2.24, 2.45) is 0 Å². The van der Waals surface area contributed by atoms with Crippen LogP contribution in [0.2, 0.25) is 5.02 Å². The third-order valence-electron chi connectivity index (χ3n) is 5.63. The fourth-order valence-electron chi connectivity index (χ4n) is 3.78. The number of nitrogens with one attached hydrogen (secondary N) is 1. The van der Waals surface area contributed by atoms with Crippen molar-refractivity contribution in [2.75, 3.05) is 11.5 Å². The molecular weight excluding hydrogens is 546 g/mol. The highest BCUT2D eigenvalue weighted by Crippen LogP contribution is 2.38. The monoisotopic (exact) mass is 565 g/mol. The largest absolute Gasteiger partial charge is 0.490 e. The SMILES string of the molecule is CCOc1cc(/C=C2\C(=O)NC(=O)N(c3cccc([N+](=O)[O-])c3)C2=O)cc(Cl)c1OCc1ccc(C(=O)O)cc1. The summed E-state index contributed by atoms with van der Waals surface area (Å²) in [4.78, 5) is 60.4. The number of non-ortho nitro benzene ring substituents is 1. The minimum Gasteiger partial charge on any atom is -0.490 e. The van der Waals surface area contributed by atoms with Gasteiger partial charge in [0.15, 0.2) is 11.5 Å². The highest BCUT2D eigenvalue weighted by molar-refractivity contribution is 6.39. The Morgan fingerprint density at radius 2 is 1.82 bits per heavy atom. The van der Waals surface area contributed by atoms with Crippen LogP contribution in [0.5, 0.6) is 11.5 Å². The lowest BCUT2D eigenvalue weighted by Gasteiger charge is -2.26. The molecule has 1 saturated heterocycles. The number of imide groups is 2. The Kier molecular flexibility index (Phi) is 8.10. The van der Waals surface area contributed by atoms with Crippen LogP contribution in [-0.4, -0.2) is 40.5 Å². The van der Waals surface area contributed by atoms with Crippen molar-refractivity contribution in [2.45, 2.75) is 13.5 Å². The molecular formula is C27H20ClN3O9. The molecule has 1 aliphatic heterocycles. The molecule has 0 aromatic heterocycles. The molecule has 12 nitrogen and oxygen atoms in total. The van der Waals surface area contributed by atoms with Crippen molar-refractivity contribution in [3.63, 3.8) is 0 Å². The number of carbonyl (C=O) groups excluding carboxylic acids is 3. The van der Waals surface area contributed by atoms with Crippen molar-refractivity contribution in [1.29, 1.82) is 0 Å². The van der Waals surface area contributed by atoms with E-state index in [9.17, 15) is 29.3 Å². The number of amides is 4. The molecule has 0 aliphatic carbocycles. The maximum Gasteiger partial charge on any atom is 0.335 e. The summed E-state index contributed by atoms with van der Waals surface area (Å²) >= 11 is 6.46. The Morgan fingerprint density at radius 3 is 2.48 bits per heavy atom. The van der Waals surface area contributed by atoms with Crippen LogP contribution in [0.4, 0.5) is 16.2 Å². The van der Waals surface area contributed by atoms with E-state index in [-0.39, 0.29) is 52.2 Å². The molecule has 1 aliphatic rings. The van der Waals surface area contributed by atoms with Crippen LogP contribution >= 0.6 is 11.6 Å². The molecule has 4 rings (SSSR count). The van der Waals surface area contributed by atoms with E-state index in [4.69, 9.17) is 26.2 Å². The van der Waals surface area contributed by atoms with Gasteiger partial charge in [0.2, 0.25) is 0 Å². The number of nitro benzene ring substituents is 1. The first-order valence-electron chi connectivity index (χ1n) is 11.7. The van der Waals surface area contributed by atoms with Crippen molar-refractivity contribution in [1.82, 2.24) is 5.32 Å². The quantitative estimate of drug-likeness (QED) is 0.163. The highest BCUT2D eigenvalue weighted by atomic mass is 35.5. The summed E-state index contributed by atoms with van der Waals surface area (Å²) in [5, 5.41) is 22.3. The van der Waals surface area contributed by atoms with E-state index in [2.05, 4.69) is 5.32 Å². The number of aromatic carboxylic acids is 1. The van der Waals surface area contributed by atoms with E-state index in [0.717, 1.165) is 6.07 Å². The lowest BCUT2D eigenvalue weighted by atomic mass is 10.1. The number of carbonyl (C=O) groups is 4. The van der Waals surface area contributed by atoms with E-state index in [0.29, 0.717) is 10.5 Å². The number of nitro groups is 1. The molecule has 3 aromatic carbocycles. The number of halogens is 1. The van der Waals surface area contributed by atoms with Gasteiger partial charge in [0.05, 0.1) is 27.8 Å². The van der Waals surface area contributed by atoms with E-state index < -0.39 is 34.3 Å². The first-order valence-corrected chi connectivity index (χ1v) is 12.0. The van der Waals surface area contributed by atoms with Gasteiger partial charge in [0.25, 0.3) is 17.5 Å². The summed E-state index contributed by atoms with van der Waals surface area (Å²) in [6.07, 6.45) is 1.21. The molecule has 1 fully saturated rings. The number of ether oxygens (including phenoxy) is 2. The summed E-state index contributed by atoms with van der Waals surface area (Å²) in [6.45, 7) is 2.00. The van der Waals surface area contributed by atoms with Crippen LogP contribution < -0.4 is 19.7 Å². The zero-order chi connectivity index (χ0) is 29.0. The van der Waals surface area contributed by atoms with Crippen LogP contribution in [-0.2, 0) is 16.2 Å². The average molecular weight is 566 g/mol. The zero-order valence-electron chi connectivity index (χ0n) is 20.8. The van der Waals surface area contributed by atoms with E-state index >= 15 is 0 Å². The van der Waals surface area contributed by atoms with Gasteiger partial charge in [-0.1, -0.05) is 29.8 Å². The molecule has 13 heteroatoms. The molecule has 0 unspecified atom stereocenters. The van der Waals surface area contributed by atoms with Gasteiger partial charge in [-0.2, -0.15) is 0 Å². The van der Waals surface area contributed by atoms with E-state index in [1.165, 1.54) is 48.5 Å². The van der Waals surface area contributed by atoms with Gasteiger partial charge in [-0.15, -0.1) is 0 Å². The van der Waals surface area contributed by atoms with Crippen molar-refractivity contribution >= 4 is 52.9 Å². The molecule has 0 bridgehead atoms. The van der Waals surface area contributed by atoms with Gasteiger partial charge in [-0.05, 0) is 54.5 Å². The minimum absolute atomic E-state index is 0.0430. The number of hydrogen-bond acceptors (Lipinski definition) is 8. The Balaban J connectivity index is 1.64. The van der Waals surface area contributed by atoms with Gasteiger partial charge >= 0.3 is 12.0 Å². The predicted octanol–water partition coefficient (Wildman–Crippen LogP) is 4.59. The van der Waals surface area contributed by atoms with Gasteiger partial charge in [-0.25, -0.2) is 14.5 Å². The molecule has 4 amide bonds. The third-order valence-corrected chi connectivity index (χ3v) is 5.91. The van der Waals surface area contributed by atoms with Gasteiger partial charge in [0.1, 0.15) is 12.2 Å². The van der Waals surface area contributed by atoms with Crippen LogP contribution in [0.1, 0.15) is 28.4 Å². The maximum atomic E-state index is 13.2. The lowest BCUT2D eigenvalue weighted by molar-refractivity contribution is -0.384. The predicted molar refractivity (Wildman–Crippen MR) is 142 cm³/mol. The Morgan fingerprint density at radius 1 is 1.10 bits per heavy atom. The van der Waals surface area contributed by atoms with Crippen LogP contribution in [0.3, 0.4) is 0 Å². The number of urea groups is 1. The summed E-state index contributed by atoms with van der Waals surface area (Å²) in [5.41, 5.74) is 0.215. The maximum absolute atomic E-state index is 13.2. The second-order valence-corrected chi connectivity index (χ2v) is 8.70. The fraction of sp³-hybridized carbons (Fsp3) is 0.111. The summed E-state index contributed by atoms with van der Waals surface area (Å²) in [5.74, 6) is -2.62. The Labute approximate surface area is 231 Å². The number of anilines is 1. The zero-order valence-corrected chi connectivity index (χ0v) is 21.5. The fourth-order valence-corrected chi connectivity index (χ4v) is 4.05. The second-order valence-electron chi connectivity index (χ2n) is 8.29. The standard InChI is InChI=1S/C27H20ClN3O9/c1-2-39-22-12-16(11-21(28)23(22)40-14-15-6-8-17(9-7-15)26(34)35)10-20-24(32)29-27(36)30(25(20)33)18-4-3-5-19(13-18)31(37)38/h3-13H,2,14H2,1H3,(H,34,35)(H,29,32,36)/b20-10+. The molecule has 1 heterocycles. The number of benzene rings is 3.